The molecule has 0 unspecified atom stereocenters. The Morgan fingerprint density at radius 2 is 1.34 bits per heavy atom. The average molecular weight is 502 g/mol. The van der Waals surface area contributed by atoms with Crippen molar-refractivity contribution in [3.63, 3.8) is 0 Å². The van der Waals surface area contributed by atoms with E-state index in [1.165, 1.54) is 37.7 Å². The van der Waals surface area contributed by atoms with Crippen molar-refractivity contribution in [1.29, 1.82) is 0 Å². The fourth-order valence-electron chi connectivity index (χ4n) is 4.31. The number of aromatic hydroxyl groups is 1. The van der Waals surface area contributed by atoms with Gasteiger partial charge in [-0.15, -0.1) is 0 Å². The van der Waals surface area contributed by atoms with Crippen molar-refractivity contribution in [3.05, 3.63) is 83.9 Å². The summed E-state index contributed by atoms with van der Waals surface area (Å²) in [5.41, 5.74) is 5.10. The Kier molecular flexibility index (Phi) is 10.8. The van der Waals surface area contributed by atoms with E-state index in [2.05, 4.69) is 41.4 Å². The van der Waals surface area contributed by atoms with Crippen LogP contribution in [0.25, 0.3) is 11.1 Å². The number of hydrogen-bond donors (Lipinski definition) is 1. The van der Waals surface area contributed by atoms with Gasteiger partial charge in [-0.1, -0.05) is 80.6 Å². The number of phenols is 1. The molecule has 0 spiro atoms. The van der Waals surface area contributed by atoms with E-state index in [0.717, 1.165) is 35.2 Å². The van der Waals surface area contributed by atoms with Crippen LogP contribution in [0.5, 0.6) is 5.75 Å². The van der Waals surface area contributed by atoms with Crippen LogP contribution in [0.3, 0.4) is 0 Å². The zero-order chi connectivity index (χ0) is 22.6. The summed E-state index contributed by atoms with van der Waals surface area (Å²) in [7, 11) is 9.78. The van der Waals surface area contributed by atoms with Crippen LogP contribution in [-0.2, 0) is 17.0 Å². The first kappa shape index (κ1) is 25.1. The van der Waals surface area contributed by atoms with Gasteiger partial charge in [0, 0.05) is 11.8 Å². The van der Waals surface area contributed by atoms with Crippen LogP contribution < -0.4 is 0 Å². The molecule has 1 aliphatic carbocycles. The monoisotopic (exact) mass is 501 g/mol. The first-order valence-electron chi connectivity index (χ1n) is 11.2. The van der Waals surface area contributed by atoms with Crippen LogP contribution in [0.1, 0.15) is 62.0 Å². The Bertz CT molecular complexity index is 972. The molecule has 1 aliphatic rings. The molecule has 3 aromatic rings. The van der Waals surface area contributed by atoms with Gasteiger partial charge in [-0.3, -0.25) is 4.99 Å². The fourth-order valence-corrected chi connectivity index (χ4v) is 4.31. The maximum absolute atomic E-state index is 11.2. The SMILES string of the molecule is Oc1c(C=Nc2ccccc2)cc(-c2ccccc2)cc1C1CCCCCCC1.[Cl][Ti][Cl]. The van der Waals surface area contributed by atoms with Crippen LogP contribution in [0.4, 0.5) is 5.69 Å². The summed E-state index contributed by atoms with van der Waals surface area (Å²) >= 11 is -0.556. The summed E-state index contributed by atoms with van der Waals surface area (Å²) in [6, 6.07) is 24.6. The number of phenolic OH excluding ortho intramolecular Hbond substituents is 1. The Labute approximate surface area is 208 Å². The van der Waals surface area contributed by atoms with Crippen molar-refractivity contribution in [2.45, 2.75) is 50.9 Å². The number of benzene rings is 3. The molecular weight excluding hydrogens is 473 g/mol. The fraction of sp³-hybridized carbons (Fsp3) is 0.296. The van der Waals surface area contributed by atoms with Gasteiger partial charge in [-0.05, 0) is 59.7 Å². The van der Waals surface area contributed by atoms with Gasteiger partial charge in [-0.25, -0.2) is 0 Å². The molecule has 4 rings (SSSR count). The first-order valence-corrected chi connectivity index (χ1v) is 15.5. The summed E-state index contributed by atoms with van der Waals surface area (Å²) < 4.78 is 0. The van der Waals surface area contributed by atoms with Crippen molar-refractivity contribution >= 4 is 30.5 Å². The summed E-state index contributed by atoms with van der Waals surface area (Å²) in [6.45, 7) is 0. The molecule has 1 N–H and O–H groups in total. The third-order valence-electron chi connectivity index (χ3n) is 5.93. The zero-order valence-corrected chi connectivity index (χ0v) is 21.3. The second-order valence-electron chi connectivity index (χ2n) is 8.08. The quantitative estimate of drug-likeness (QED) is 0.280. The van der Waals surface area contributed by atoms with Gasteiger partial charge in [0.05, 0.1) is 5.69 Å². The molecule has 0 saturated heterocycles. The molecule has 166 valence electrons. The van der Waals surface area contributed by atoms with E-state index >= 15 is 0 Å². The number of hydrogen-bond acceptors (Lipinski definition) is 2. The normalized spacial score (nSPS) is 14.8. The molecule has 1 saturated carbocycles. The number of para-hydroxylation sites is 1. The van der Waals surface area contributed by atoms with E-state index in [0.29, 0.717) is 11.7 Å². The van der Waals surface area contributed by atoms with Crippen LogP contribution in [0, 0.1) is 0 Å². The molecule has 0 aliphatic heterocycles. The van der Waals surface area contributed by atoms with E-state index in [9.17, 15) is 5.11 Å². The van der Waals surface area contributed by atoms with Crippen molar-refractivity contribution in [2.75, 3.05) is 0 Å². The number of halogens is 2. The van der Waals surface area contributed by atoms with Crippen molar-refractivity contribution in [3.8, 4) is 16.9 Å². The molecule has 0 amide bonds. The first-order chi connectivity index (χ1) is 15.7. The van der Waals surface area contributed by atoms with E-state index in [1.54, 1.807) is 0 Å². The van der Waals surface area contributed by atoms with Crippen molar-refractivity contribution in [2.24, 2.45) is 4.99 Å². The molecule has 0 radical (unpaired) electrons. The van der Waals surface area contributed by atoms with Gasteiger partial charge in [0.2, 0.25) is 0 Å². The van der Waals surface area contributed by atoms with E-state index < -0.39 is 17.0 Å². The average Bonchev–Trinajstić information content (AvgIpc) is 2.80. The molecule has 3 aromatic carbocycles. The third kappa shape index (κ3) is 7.49. The predicted octanol–water partition coefficient (Wildman–Crippen LogP) is 9.01. The molecule has 1 fully saturated rings. The standard InChI is InChI=1S/C27H29NO.2ClH.Ti/c29-27-24(20-28-25-16-10-5-11-17-25)18-23(21-12-8-4-9-13-21)19-26(27)22-14-6-2-1-3-7-15-22;;;/h4-5,8-13,16-20,22,29H,1-3,6-7,14-15H2;2*1H;/q;;;+2/p-2. The Morgan fingerprint density at radius 3 is 1.97 bits per heavy atom. The summed E-state index contributed by atoms with van der Waals surface area (Å²) in [5, 5.41) is 11.2. The van der Waals surface area contributed by atoms with E-state index in [-0.39, 0.29) is 0 Å². The van der Waals surface area contributed by atoms with Crippen LogP contribution >= 0.6 is 18.6 Å². The Morgan fingerprint density at radius 1 is 0.781 bits per heavy atom. The van der Waals surface area contributed by atoms with Gasteiger partial charge in [0.25, 0.3) is 0 Å². The molecule has 0 heterocycles. The summed E-state index contributed by atoms with van der Waals surface area (Å²) in [4.78, 5) is 4.61. The van der Waals surface area contributed by atoms with Gasteiger partial charge in [0.15, 0.2) is 0 Å². The second kappa shape index (κ2) is 13.9. The predicted molar refractivity (Wildman–Crippen MR) is 134 cm³/mol. The molecule has 0 bridgehead atoms. The number of rotatable bonds is 4. The number of nitrogens with zero attached hydrogens (tertiary/aromatic N) is 1. The minimum absolute atomic E-state index is 0.398. The zero-order valence-electron chi connectivity index (χ0n) is 18.2. The Hall–Kier alpha value is -1.58. The molecular formula is C27H29Cl2NOTi. The molecule has 2 nitrogen and oxygen atoms in total. The van der Waals surface area contributed by atoms with E-state index in [4.69, 9.17) is 18.6 Å². The summed E-state index contributed by atoms with van der Waals surface area (Å²) in [5.74, 6) is 0.817. The summed E-state index contributed by atoms with van der Waals surface area (Å²) in [6.07, 6.45) is 10.6. The molecule has 0 aromatic heterocycles. The van der Waals surface area contributed by atoms with Crippen molar-refractivity contribution < 1.29 is 22.1 Å². The van der Waals surface area contributed by atoms with Crippen molar-refractivity contribution in [1.82, 2.24) is 0 Å². The topological polar surface area (TPSA) is 32.6 Å². The van der Waals surface area contributed by atoms with Gasteiger partial charge >= 0.3 is 35.6 Å². The molecule has 32 heavy (non-hydrogen) atoms. The van der Waals surface area contributed by atoms with Gasteiger partial charge in [0.1, 0.15) is 5.75 Å². The maximum atomic E-state index is 11.2. The Balaban J connectivity index is 0.000000913. The van der Waals surface area contributed by atoms with Crippen LogP contribution in [-0.4, -0.2) is 11.3 Å². The number of aliphatic imine (C=N–C) groups is 1. The molecule has 0 atom stereocenters. The second-order valence-corrected chi connectivity index (χ2v) is 10.7. The van der Waals surface area contributed by atoms with Gasteiger partial charge in [-0.2, -0.15) is 0 Å². The van der Waals surface area contributed by atoms with Gasteiger partial charge < -0.3 is 5.11 Å². The third-order valence-corrected chi connectivity index (χ3v) is 5.93. The van der Waals surface area contributed by atoms with Crippen LogP contribution in [0.2, 0.25) is 0 Å². The minimum atomic E-state index is -0.556. The van der Waals surface area contributed by atoms with E-state index in [1.807, 2.05) is 42.6 Å². The van der Waals surface area contributed by atoms with Crippen LogP contribution in [0.15, 0.2) is 77.8 Å². The molecule has 5 heteroatoms.